The molecule has 0 bridgehead atoms. The van der Waals surface area contributed by atoms with Gasteiger partial charge in [0.25, 0.3) is 0 Å². The Bertz CT molecular complexity index is 1740. The number of aromatic amines is 1. The Hall–Kier alpha value is -4.56. The number of unbranched alkanes of at least 4 members (excludes halogenated alkanes) is 1. The van der Waals surface area contributed by atoms with E-state index in [4.69, 9.17) is 25.5 Å². The number of aryl methyl sites for hydroxylation is 1. The highest BCUT2D eigenvalue weighted by Gasteiger charge is 2.26. The molecule has 0 aliphatic rings. The van der Waals surface area contributed by atoms with Crippen molar-refractivity contribution in [2.75, 3.05) is 0 Å². The first kappa shape index (κ1) is 28.0. The molecule has 5 aromatic rings. The molecule has 2 heterocycles. The molecule has 0 saturated heterocycles. The van der Waals surface area contributed by atoms with E-state index in [9.17, 15) is 14.4 Å². The normalized spacial score (nSPS) is 11.9. The van der Waals surface area contributed by atoms with Crippen molar-refractivity contribution < 1.29 is 23.5 Å². The van der Waals surface area contributed by atoms with Crippen molar-refractivity contribution in [2.45, 2.75) is 45.3 Å². The van der Waals surface area contributed by atoms with Crippen LogP contribution >= 0.6 is 11.6 Å². The predicted molar refractivity (Wildman–Crippen MR) is 157 cm³/mol. The highest BCUT2D eigenvalue weighted by Crippen LogP contribution is 2.32. The Morgan fingerprint density at radius 2 is 1.78 bits per heavy atom. The van der Waals surface area contributed by atoms with E-state index in [0.29, 0.717) is 11.8 Å². The van der Waals surface area contributed by atoms with Gasteiger partial charge in [0.2, 0.25) is 0 Å². The van der Waals surface area contributed by atoms with Gasteiger partial charge < -0.3 is 24.2 Å². The quantitative estimate of drug-likeness (QED) is 0.109. The number of fused-ring (bicyclic) bond motifs is 2. The van der Waals surface area contributed by atoms with Gasteiger partial charge >= 0.3 is 17.7 Å². The average molecular weight is 573 g/mol. The Balaban J connectivity index is 1.40. The molecule has 2 aromatic heterocycles. The smallest absolute Gasteiger partial charge is 0.408 e. The van der Waals surface area contributed by atoms with Crippen LogP contribution in [0.3, 0.4) is 0 Å². The standard InChI is InChI=1S/C32H29ClN2O6/c1-2-3-11-21-15-30(36)40-28-17-29(25(33)16-24(21)28)41-31(37)27(14-22-18-34-26-13-8-7-12-23(22)26)35-32(38)39-19-20-9-5-4-6-10-20/h4-10,12-13,15-18,27,34H,2-3,11,14,19H2,1H3,(H,35,38). The first-order chi connectivity index (χ1) is 19.9. The van der Waals surface area contributed by atoms with Crippen LogP contribution in [0.4, 0.5) is 4.79 Å². The number of alkyl carbamates (subject to hydrolysis) is 1. The van der Waals surface area contributed by atoms with E-state index in [-0.39, 0.29) is 29.4 Å². The van der Waals surface area contributed by atoms with Crippen LogP contribution in [0.1, 0.15) is 36.5 Å². The minimum Gasteiger partial charge on any atom is -0.445 e. The van der Waals surface area contributed by atoms with Gasteiger partial charge in [-0.1, -0.05) is 73.5 Å². The molecule has 41 heavy (non-hydrogen) atoms. The van der Waals surface area contributed by atoms with Crippen LogP contribution in [0.5, 0.6) is 5.75 Å². The van der Waals surface area contributed by atoms with Gasteiger partial charge in [0.1, 0.15) is 18.2 Å². The number of ether oxygens (including phenoxy) is 2. The summed E-state index contributed by atoms with van der Waals surface area (Å²) in [5.41, 5.74) is 3.09. The molecule has 0 saturated carbocycles. The summed E-state index contributed by atoms with van der Waals surface area (Å²) in [6.07, 6.45) is 3.70. The van der Waals surface area contributed by atoms with Crippen LogP contribution in [-0.4, -0.2) is 23.1 Å². The Labute approximate surface area is 241 Å². The number of H-pyrrole nitrogens is 1. The molecule has 1 amide bonds. The summed E-state index contributed by atoms with van der Waals surface area (Å²) in [5.74, 6) is -0.735. The number of amides is 1. The fourth-order valence-corrected chi connectivity index (χ4v) is 4.88. The van der Waals surface area contributed by atoms with Crippen LogP contribution in [0.15, 0.2) is 88.2 Å². The maximum absolute atomic E-state index is 13.5. The third-order valence-corrected chi connectivity index (χ3v) is 7.08. The van der Waals surface area contributed by atoms with Crippen molar-refractivity contribution in [1.29, 1.82) is 0 Å². The second-order valence-electron chi connectivity index (χ2n) is 9.72. The molecule has 0 spiro atoms. The summed E-state index contributed by atoms with van der Waals surface area (Å²) in [6, 6.07) is 20.3. The molecule has 2 N–H and O–H groups in total. The van der Waals surface area contributed by atoms with Crippen LogP contribution in [0, 0.1) is 0 Å². The van der Waals surface area contributed by atoms with Crippen LogP contribution in [-0.2, 0) is 29.0 Å². The third kappa shape index (κ3) is 6.78. The van der Waals surface area contributed by atoms with E-state index in [2.05, 4.69) is 17.2 Å². The van der Waals surface area contributed by atoms with Gasteiger partial charge in [-0.3, -0.25) is 0 Å². The Kier molecular flexibility index (Phi) is 8.70. The molecule has 9 heteroatoms. The maximum atomic E-state index is 13.5. The van der Waals surface area contributed by atoms with Crippen molar-refractivity contribution >= 4 is 45.5 Å². The van der Waals surface area contributed by atoms with Crippen LogP contribution < -0.4 is 15.7 Å². The molecule has 210 valence electrons. The number of carbonyl (C=O) groups is 2. The molecular formula is C32H29ClN2O6. The van der Waals surface area contributed by atoms with Gasteiger partial charge in [0.15, 0.2) is 5.75 Å². The molecule has 0 radical (unpaired) electrons. The van der Waals surface area contributed by atoms with E-state index < -0.39 is 23.7 Å². The monoisotopic (exact) mass is 572 g/mol. The number of esters is 1. The van der Waals surface area contributed by atoms with Crippen molar-refractivity contribution in [2.24, 2.45) is 0 Å². The SMILES string of the molecule is CCCCc1cc(=O)oc2cc(OC(=O)C(Cc3c[nH]c4ccccc34)NC(=O)OCc3ccccc3)c(Cl)cc12. The summed E-state index contributed by atoms with van der Waals surface area (Å²) in [4.78, 5) is 41.6. The van der Waals surface area contributed by atoms with Crippen LogP contribution in [0.2, 0.25) is 5.02 Å². The number of rotatable bonds is 10. The first-order valence-electron chi connectivity index (χ1n) is 13.4. The summed E-state index contributed by atoms with van der Waals surface area (Å²) in [6.45, 7) is 2.10. The molecule has 1 atom stereocenters. The Morgan fingerprint density at radius 3 is 2.59 bits per heavy atom. The van der Waals surface area contributed by atoms with E-state index in [1.54, 1.807) is 12.3 Å². The lowest BCUT2D eigenvalue weighted by Crippen LogP contribution is -2.44. The second-order valence-corrected chi connectivity index (χ2v) is 10.1. The van der Waals surface area contributed by atoms with E-state index in [1.165, 1.54) is 12.1 Å². The van der Waals surface area contributed by atoms with Gasteiger partial charge in [-0.15, -0.1) is 0 Å². The number of halogens is 1. The van der Waals surface area contributed by atoms with Crippen molar-refractivity contribution in [3.8, 4) is 5.75 Å². The molecule has 0 fully saturated rings. The number of carbonyl (C=O) groups excluding carboxylic acids is 2. The molecule has 0 aliphatic carbocycles. The fourth-order valence-electron chi connectivity index (χ4n) is 4.68. The Morgan fingerprint density at radius 1 is 1.00 bits per heavy atom. The van der Waals surface area contributed by atoms with Crippen LogP contribution in [0.25, 0.3) is 21.9 Å². The summed E-state index contributed by atoms with van der Waals surface area (Å²) in [7, 11) is 0. The van der Waals surface area contributed by atoms with Gasteiger partial charge in [0.05, 0.1) is 5.02 Å². The number of aromatic nitrogens is 1. The predicted octanol–water partition coefficient (Wildman–Crippen LogP) is 6.71. The average Bonchev–Trinajstić information content (AvgIpc) is 3.38. The summed E-state index contributed by atoms with van der Waals surface area (Å²) >= 11 is 6.53. The zero-order valence-corrected chi connectivity index (χ0v) is 23.2. The minimum atomic E-state index is -1.10. The first-order valence-corrected chi connectivity index (χ1v) is 13.8. The molecule has 0 aliphatic heterocycles. The van der Waals surface area contributed by atoms with Crippen molar-refractivity contribution in [3.05, 3.63) is 111 Å². The number of para-hydroxylation sites is 1. The van der Waals surface area contributed by atoms with E-state index in [1.807, 2.05) is 54.6 Å². The number of hydrogen-bond donors (Lipinski definition) is 2. The molecule has 5 rings (SSSR count). The van der Waals surface area contributed by atoms with Crippen molar-refractivity contribution in [1.82, 2.24) is 10.3 Å². The van der Waals surface area contributed by atoms with E-state index >= 15 is 0 Å². The molecule has 3 aromatic carbocycles. The fraction of sp³-hybridized carbons (Fsp3) is 0.219. The minimum absolute atomic E-state index is 0.0170. The summed E-state index contributed by atoms with van der Waals surface area (Å²) in [5, 5.41) is 4.41. The number of hydrogen-bond acceptors (Lipinski definition) is 6. The second kappa shape index (κ2) is 12.7. The van der Waals surface area contributed by atoms with Gasteiger partial charge in [0, 0.05) is 41.0 Å². The van der Waals surface area contributed by atoms with Gasteiger partial charge in [-0.05, 0) is 41.7 Å². The van der Waals surface area contributed by atoms with E-state index in [0.717, 1.165) is 40.4 Å². The number of benzene rings is 3. The van der Waals surface area contributed by atoms with Gasteiger partial charge in [-0.2, -0.15) is 0 Å². The lowest BCUT2D eigenvalue weighted by Gasteiger charge is -2.18. The van der Waals surface area contributed by atoms with Crippen molar-refractivity contribution in [3.63, 3.8) is 0 Å². The zero-order valence-electron chi connectivity index (χ0n) is 22.4. The zero-order chi connectivity index (χ0) is 28.8. The summed E-state index contributed by atoms with van der Waals surface area (Å²) < 4.78 is 16.4. The topological polar surface area (TPSA) is 111 Å². The largest absolute Gasteiger partial charge is 0.445 e. The third-order valence-electron chi connectivity index (χ3n) is 6.78. The van der Waals surface area contributed by atoms with Gasteiger partial charge in [-0.25, -0.2) is 14.4 Å². The lowest BCUT2D eigenvalue weighted by atomic mass is 10.0. The molecule has 8 nitrogen and oxygen atoms in total. The molecule has 1 unspecified atom stereocenters. The number of nitrogens with one attached hydrogen (secondary N) is 2. The highest BCUT2D eigenvalue weighted by atomic mass is 35.5. The highest BCUT2D eigenvalue weighted by molar-refractivity contribution is 6.33. The lowest BCUT2D eigenvalue weighted by molar-refractivity contribution is -0.136. The molecular weight excluding hydrogens is 544 g/mol. The maximum Gasteiger partial charge on any atom is 0.408 e.